The molecule has 0 unspecified atom stereocenters. The number of hydrogen-bond acceptors (Lipinski definition) is 5. The summed E-state index contributed by atoms with van der Waals surface area (Å²) in [4.78, 5) is 23.3. The topological polar surface area (TPSA) is 86.7 Å². The predicted molar refractivity (Wildman–Crippen MR) is 115 cm³/mol. The Hall–Kier alpha value is -0.880. The first kappa shape index (κ1) is 28.2. The van der Waals surface area contributed by atoms with E-state index >= 15 is 0 Å². The maximum absolute atomic E-state index is 12.8. The van der Waals surface area contributed by atoms with Crippen LogP contribution in [-0.2, 0) is 14.3 Å². The molecule has 31 heavy (non-hydrogen) atoms. The third kappa shape index (κ3) is 7.88. The number of aliphatic hydroxyl groups is 1. The second-order valence-electron chi connectivity index (χ2n) is 9.66. The van der Waals surface area contributed by atoms with Gasteiger partial charge in [0.2, 0.25) is 0 Å². The minimum Gasteiger partial charge on any atom is -0.545 e. The van der Waals surface area contributed by atoms with Crippen LogP contribution in [0, 0.1) is 29.1 Å². The van der Waals surface area contributed by atoms with Crippen molar-refractivity contribution < 1.29 is 54.1 Å². The summed E-state index contributed by atoms with van der Waals surface area (Å²) >= 11 is 0. The van der Waals surface area contributed by atoms with E-state index in [9.17, 15) is 19.8 Å². The van der Waals surface area contributed by atoms with Gasteiger partial charge in [0, 0.05) is 5.92 Å². The van der Waals surface area contributed by atoms with Gasteiger partial charge in [-0.05, 0) is 75.4 Å². The van der Waals surface area contributed by atoms with E-state index in [0.717, 1.165) is 25.3 Å². The SMILES string of the molecule is CCC(C)(C)C(=O)O[C@H]1C[C@@H](C)C=C2C=C[C@H](C)[C@H](CC[C@H](O)C/C=C/C(=O)[O-])[C@H]21.[Na+]. The summed E-state index contributed by atoms with van der Waals surface area (Å²) in [5, 5.41) is 20.8. The van der Waals surface area contributed by atoms with Crippen molar-refractivity contribution in [3.63, 3.8) is 0 Å². The zero-order valence-electron chi connectivity index (χ0n) is 20.0. The van der Waals surface area contributed by atoms with Crippen LogP contribution in [0.4, 0.5) is 0 Å². The van der Waals surface area contributed by atoms with E-state index < -0.39 is 17.5 Å². The summed E-state index contributed by atoms with van der Waals surface area (Å²) in [6.45, 7) is 10.2. The molecule has 0 aromatic rings. The zero-order chi connectivity index (χ0) is 22.5. The van der Waals surface area contributed by atoms with E-state index in [4.69, 9.17) is 4.74 Å². The first-order valence-electron chi connectivity index (χ1n) is 11.2. The Bertz CT molecular complexity index is 709. The predicted octanol–water partition coefficient (Wildman–Crippen LogP) is 0.580. The van der Waals surface area contributed by atoms with Crippen LogP contribution in [0.15, 0.2) is 36.0 Å². The summed E-state index contributed by atoms with van der Waals surface area (Å²) in [6, 6.07) is 0. The number of hydrogen-bond donors (Lipinski definition) is 1. The van der Waals surface area contributed by atoms with Crippen LogP contribution < -0.4 is 34.7 Å². The van der Waals surface area contributed by atoms with Gasteiger partial charge in [0.05, 0.1) is 17.5 Å². The van der Waals surface area contributed by atoms with Gasteiger partial charge in [0.25, 0.3) is 0 Å². The number of carbonyl (C=O) groups is 2. The number of esters is 1. The standard InChI is InChI=1S/C25H38O5.Na/c1-6-25(4,5)24(29)30-21-15-16(2)14-18-11-10-17(3)20(23(18)21)13-12-19(26)8-7-9-22(27)28;/h7,9-11,14,16-17,19-21,23,26H,6,8,12-13,15H2,1-5H3,(H,27,28);/q;+1/p-1/b9-7+;/t16-,17-,19+,20-,21-,23-;/m0./s1. The molecular formula is C25H37NaO5. The summed E-state index contributed by atoms with van der Waals surface area (Å²) in [7, 11) is 0. The van der Waals surface area contributed by atoms with Gasteiger partial charge in [-0.3, -0.25) is 4.79 Å². The number of rotatable bonds is 9. The maximum atomic E-state index is 12.8. The van der Waals surface area contributed by atoms with Gasteiger partial charge >= 0.3 is 35.5 Å². The molecule has 0 saturated heterocycles. The first-order chi connectivity index (χ1) is 14.0. The maximum Gasteiger partial charge on any atom is 1.00 e. The van der Waals surface area contributed by atoms with Gasteiger partial charge in [-0.2, -0.15) is 0 Å². The number of carboxylic acid groups (broad SMARTS) is 1. The van der Waals surface area contributed by atoms with Crippen LogP contribution in [0.5, 0.6) is 0 Å². The first-order valence-corrected chi connectivity index (χ1v) is 11.2. The molecule has 0 amide bonds. The Morgan fingerprint density at radius 3 is 2.65 bits per heavy atom. The smallest absolute Gasteiger partial charge is 0.545 e. The monoisotopic (exact) mass is 440 g/mol. The molecule has 2 rings (SSSR count). The van der Waals surface area contributed by atoms with Crippen molar-refractivity contribution in [3.8, 4) is 0 Å². The van der Waals surface area contributed by atoms with Gasteiger partial charge in [-0.15, -0.1) is 0 Å². The van der Waals surface area contributed by atoms with Crippen molar-refractivity contribution in [2.24, 2.45) is 29.1 Å². The molecule has 0 aliphatic heterocycles. The second-order valence-corrected chi connectivity index (χ2v) is 9.66. The molecule has 2 aliphatic carbocycles. The van der Waals surface area contributed by atoms with Crippen molar-refractivity contribution in [2.45, 2.75) is 78.9 Å². The molecule has 0 fully saturated rings. The van der Waals surface area contributed by atoms with Crippen molar-refractivity contribution in [1.82, 2.24) is 0 Å². The Labute approximate surface area is 209 Å². The van der Waals surface area contributed by atoms with Crippen molar-refractivity contribution in [3.05, 3.63) is 36.0 Å². The van der Waals surface area contributed by atoms with Crippen LogP contribution in [0.3, 0.4) is 0 Å². The van der Waals surface area contributed by atoms with E-state index in [1.165, 1.54) is 11.6 Å². The second kappa shape index (κ2) is 12.4. The molecule has 0 bridgehead atoms. The van der Waals surface area contributed by atoms with Gasteiger partial charge in [0.1, 0.15) is 6.10 Å². The Morgan fingerprint density at radius 1 is 1.35 bits per heavy atom. The molecule has 0 radical (unpaired) electrons. The van der Waals surface area contributed by atoms with Crippen molar-refractivity contribution in [2.75, 3.05) is 0 Å². The van der Waals surface area contributed by atoms with Crippen LogP contribution in [-0.4, -0.2) is 29.3 Å². The molecule has 1 N–H and O–H groups in total. The van der Waals surface area contributed by atoms with E-state index in [0.29, 0.717) is 24.7 Å². The molecule has 6 heteroatoms. The molecule has 0 aromatic heterocycles. The Morgan fingerprint density at radius 2 is 2.03 bits per heavy atom. The normalized spacial score (nSPS) is 29.0. The number of allylic oxidation sites excluding steroid dienone is 3. The van der Waals surface area contributed by atoms with Crippen LogP contribution >= 0.6 is 0 Å². The molecule has 5 nitrogen and oxygen atoms in total. The van der Waals surface area contributed by atoms with Crippen LogP contribution in [0.1, 0.15) is 66.7 Å². The number of fused-ring (bicyclic) bond motifs is 1. The minimum atomic E-state index is -1.25. The fourth-order valence-electron chi connectivity index (χ4n) is 4.49. The van der Waals surface area contributed by atoms with E-state index in [2.05, 4.69) is 32.1 Å². The number of ether oxygens (including phenoxy) is 1. The fraction of sp³-hybridized carbons (Fsp3) is 0.680. The summed E-state index contributed by atoms with van der Waals surface area (Å²) in [5.41, 5.74) is 0.729. The molecule has 0 spiro atoms. The molecule has 168 valence electrons. The van der Waals surface area contributed by atoms with E-state index in [1.54, 1.807) is 0 Å². The van der Waals surface area contributed by atoms with Gasteiger partial charge < -0.3 is 19.7 Å². The summed E-state index contributed by atoms with van der Waals surface area (Å²) in [5.74, 6) is -0.347. The molecule has 0 aromatic carbocycles. The van der Waals surface area contributed by atoms with E-state index in [-0.39, 0.29) is 53.5 Å². The summed E-state index contributed by atoms with van der Waals surface area (Å²) in [6.07, 6.45) is 11.5. The van der Waals surface area contributed by atoms with Gasteiger partial charge in [0.15, 0.2) is 0 Å². The van der Waals surface area contributed by atoms with Crippen molar-refractivity contribution >= 4 is 11.9 Å². The minimum absolute atomic E-state index is 0. The number of aliphatic hydroxyl groups excluding tert-OH is 1. The molecule has 0 heterocycles. The largest absolute Gasteiger partial charge is 1.00 e. The van der Waals surface area contributed by atoms with Crippen molar-refractivity contribution in [1.29, 1.82) is 0 Å². The molecule has 6 atom stereocenters. The van der Waals surface area contributed by atoms with Crippen LogP contribution in [0.25, 0.3) is 0 Å². The van der Waals surface area contributed by atoms with Gasteiger partial charge in [-0.25, -0.2) is 0 Å². The zero-order valence-corrected chi connectivity index (χ0v) is 22.0. The molecule has 0 saturated carbocycles. The average molecular weight is 441 g/mol. The third-order valence-corrected chi connectivity index (χ3v) is 6.79. The number of carbonyl (C=O) groups excluding carboxylic acids is 2. The Kier molecular flexibility index (Phi) is 11.2. The third-order valence-electron chi connectivity index (χ3n) is 6.79. The quantitative estimate of drug-likeness (QED) is 0.322. The van der Waals surface area contributed by atoms with E-state index in [1.807, 2.05) is 20.8 Å². The average Bonchev–Trinajstić information content (AvgIpc) is 2.66. The van der Waals surface area contributed by atoms with Crippen LogP contribution in [0.2, 0.25) is 0 Å². The molecule has 2 aliphatic rings. The number of aliphatic carboxylic acids is 1. The Balaban J connectivity index is 0.00000480. The number of carboxylic acids is 1. The molecular weight excluding hydrogens is 403 g/mol. The van der Waals surface area contributed by atoms with Gasteiger partial charge in [-0.1, -0.05) is 45.1 Å². The summed E-state index contributed by atoms with van der Waals surface area (Å²) < 4.78 is 6.10. The fourth-order valence-corrected chi connectivity index (χ4v) is 4.49.